The van der Waals surface area contributed by atoms with Crippen LogP contribution in [0.15, 0.2) is 6.07 Å². The molecular formula is C16H17F2NO4. The van der Waals surface area contributed by atoms with Gasteiger partial charge in [-0.2, -0.15) is 0 Å². The van der Waals surface area contributed by atoms with Crippen LogP contribution in [0.3, 0.4) is 0 Å². The van der Waals surface area contributed by atoms with Crippen LogP contribution in [-0.2, 0) is 11.3 Å². The van der Waals surface area contributed by atoms with E-state index in [1.165, 1.54) is 4.90 Å². The summed E-state index contributed by atoms with van der Waals surface area (Å²) in [6.07, 6.45) is 2.52. The highest BCUT2D eigenvalue weighted by Gasteiger charge is 2.35. The average Bonchev–Trinajstić information content (AvgIpc) is 2.81. The number of phenolic OH excluding ortho intramolecular Hbond substituents is 1. The van der Waals surface area contributed by atoms with Crippen molar-refractivity contribution >= 4 is 11.9 Å². The van der Waals surface area contributed by atoms with Crippen LogP contribution in [0.25, 0.3) is 0 Å². The largest absolute Gasteiger partial charge is 0.503 e. The minimum atomic E-state index is -1.21. The average molecular weight is 325 g/mol. The van der Waals surface area contributed by atoms with Crippen molar-refractivity contribution < 1.29 is 28.6 Å². The molecule has 23 heavy (non-hydrogen) atoms. The summed E-state index contributed by atoms with van der Waals surface area (Å²) in [6.45, 7) is 0.503. The van der Waals surface area contributed by atoms with Gasteiger partial charge in [-0.25, -0.2) is 8.78 Å². The molecule has 0 bridgehead atoms. The molecule has 0 saturated heterocycles. The lowest BCUT2D eigenvalue weighted by atomic mass is 9.82. The summed E-state index contributed by atoms with van der Waals surface area (Å²) in [5, 5.41) is 18.3. The van der Waals surface area contributed by atoms with E-state index in [1.807, 2.05) is 0 Å². The molecule has 124 valence electrons. The Morgan fingerprint density at radius 1 is 1.26 bits per heavy atom. The number of hydrogen-bond donors (Lipinski definition) is 2. The van der Waals surface area contributed by atoms with Gasteiger partial charge < -0.3 is 15.1 Å². The maximum atomic E-state index is 13.9. The van der Waals surface area contributed by atoms with Gasteiger partial charge >= 0.3 is 5.97 Å². The van der Waals surface area contributed by atoms with Gasteiger partial charge in [0.1, 0.15) is 0 Å². The van der Waals surface area contributed by atoms with Gasteiger partial charge in [0, 0.05) is 13.1 Å². The summed E-state index contributed by atoms with van der Waals surface area (Å²) in [5.41, 5.74) is -0.0230. The molecule has 1 aromatic carbocycles. The predicted molar refractivity (Wildman–Crippen MR) is 75.8 cm³/mol. The second-order valence-corrected chi connectivity index (χ2v) is 6.30. The summed E-state index contributed by atoms with van der Waals surface area (Å²) in [6, 6.07) is 0.993. The Hall–Kier alpha value is -2.18. The minimum Gasteiger partial charge on any atom is -0.503 e. The number of amides is 1. The summed E-state index contributed by atoms with van der Waals surface area (Å²) >= 11 is 0. The highest BCUT2D eigenvalue weighted by Crippen LogP contribution is 2.35. The molecule has 3 rings (SSSR count). The van der Waals surface area contributed by atoms with Crippen molar-refractivity contribution in [3.05, 3.63) is 28.8 Å². The smallest absolute Gasteiger partial charge is 0.306 e. The lowest BCUT2D eigenvalue weighted by Crippen LogP contribution is -2.33. The van der Waals surface area contributed by atoms with E-state index >= 15 is 0 Å². The highest BCUT2D eigenvalue weighted by molar-refractivity contribution is 5.99. The molecular weight excluding hydrogens is 308 g/mol. The Labute approximate surface area is 131 Å². The van der Waals surface area contributed by atoms with Gasteiger partial charge in [0.25, 0.3) is 5.91 Å². The molecule has 0 unspecified atom stereocenters. The first-order valence-electron chi connectivity index (χ1n) is 7.60. The normalized spacial score (nSPS) is 23.9. The van der Waals surface area contributed by atoms with E-state index in [4.69, 9.17) is 5.11 Å². The van der Waals surface area contributed by atoms with Gasteiger partial charge in [-0.1, -0.05) is 0 Å². The lowest BCUT2D eigenvalue weighted by Gasteiger charge is -2.29. The number of carbonyl (C=O) groups is 2. The summed E-state index contributed by atoms with van der Waals surface area (Å²) < 4.78 is 27.3. The van der Waals surface area contributed by atoms with Crippen LogP contribution in [0.4, 0.5) is 8.78 Å². The fourth-order valence-corrected chi connectivity index (χ4v) is 3.50. The molecule has 1 aliphatic carbocycles. The number of aromatic hydroxyl groups is 1. The standard InChI is InChI=1S/C16H17F2NO4/c17-11-5-10-7-19(15(21)12(10)13(18)14(11)20)6-8-1-3-9(4-2-8)16(22)23/h5,8-9,20H,1-4,6-7H2,(H,22,23)/t8-,9-. The third kappa shape index (κ3) is 2.75. The number of fused-ring (bicyclic) bond motifs is 1. The molecule has 0 atom stereocenters. The van der Waals surface area contributed by atoms with E-state index in [-0.39, 0.29) is 29.5 Å². The van der Waals surface area contributed by atoms with Crippen molar-refractivity contribution in [2.24, 2.45) is 11.8 Å². The molecule has 0 spiro atoms. The fraction of sp³-hybridized carbons (Fsp3) is 0.500. The minimum absolute atomic E-state index is 0.112. The van der Waals surface area contributed by atoms with Gasteiger partial charge in [-0.05, 0) is 43.2 Å². The number of hydrogen-bond acceptors (Lipinski definition) is 3. The molecule has 1 aromatic rings. The molecule has 2 N–H and O–H groups in total. The monoisotopic (exact) mass is 325 g/mol. The van der Waals surface area contributed by atoms with Crippen molar-refractivity contribution in [2.75, 3.05) is 6.54 Å². The Morgan fingerprint density at radius 3 is 2.52 bits per heavy atom. The second kappa shape index (κ2) is 5.79. The third-order valence-corrected chi connectivity index (χ3v) is 4.81. The lowest BCUT2D eigenvalue weighted by molar-refractivity contribution is -0.143. The van der Waals surface area contributed by atoms with Gasteiger partial charge in [0.05, 0.1) is 11.5 Å². The number of carboxylic acids is 1. The number of phenols is 1. The predicted octanol–water partition coefficient (Wildman–Crippen LogP) is 2.52. The van der Waals surface area contributed by atoms with Crippen LogP contribution in [0.2, 0.25) is 0 Å². The van der Waals surface area contributed by atoms with Crippen molar-refractivity contribution in [2.45, 2.75) is 32.2 Å². The molecule has 0 radical (unpaired) electrons. The summed E-state index contributed by atoms with van der Waals surface area (Å²) in [4.78, 5) is 24.7. The van der Waals surface area contributed by atoms with E-state index in [2.05, 4.69) is 0 Å². The van der Waals surface area contributed by atoms with Crippen LogP contribution < -0.4 is 0 Å². The van der Waals surface area contributed by atoms with Gasteiger partial charge in [0.15, 0.2) is 17.4 Å². The Kier molecular flexibility index (Phi) is 3.95. The number of aliphatic carboxylic acids is 1. The zero-order valence-corrected chi connectivity index (χ0v) is 12.4. The van der Waals surface area contributed by atoms with Crippen molar-refractivity contribution in [1.82, 2.24) is 4.90 Å². The van der Waals surface area contributed by atoms with Crippen molar-refractivity contribution in [1.29, 1.82) is 0 Å². The number of carbonyl (C=O) groups excluding carboxylic acids is 1. The van der Waals surface area contributed by atoms with Crippen LogP contribution in [0.1, 0.15) is 41.6 Å². The Bertz CT molecular complexity index is 669. The topological polar surface area (TPSA) is 77.8 Å². The molecule has 1 saturated carbocycles. The van der Waals surface area contributed by atoms with Crippen LogP contribution >= 0.6 is 0 Å². The zero-order chi connectivity index (χ0) is 16.7. The van der Waals surface area contributed by atoms with E-state index in [9.17, 15) is 23.5 Å². The van der Waals surface area contributed by atoms with E-state index in [0.717, 1.165) is 6.07 Å². The van der Waals surface area contributed by atoms with Gasteiger partial charge in [-0.3, -0.25) is 9.59 Å². The van der Waals surface area contributed by atoms with E-state index in [1.54, 1.807) is 0 Å². The first kappa shape index (κ1) is 15.7. The summed E-state index contributed by atoms with van der Waals surface area (Å²) in [5.74, 6) is -4.92. The first-order valence-corrected chi connectivity index (χ1v) is 7.60. The van der Waals surface area contributed by atoms with E-state index < -0.39 is 29.3 Å². The van der Waals surface area contributed by atoms with Crippen LogP contribution in [0, 0.1) is 23.5 Å². The van der Waals surface area contributed by atoms with Crippen LogP contribution in [0.5, 0.6) is 5.75 Å². The zero-order valence-electron chi connectivity index (χ0n) is 12.4. The Morgan fingerprint density at radius 2 is 1.91 bits per heavy atom. The molecule has 2 aliphatic rings. The van der Waals surface area contributed by atoms with Gasteiger partial charge in [-0.15, -0.1) is 0 Å². The van der Waals surface area contributed by atoms with Gasteiger partial charge in [0.2, 0.25) is 0 Å². The number of nitrogens with zero attached hydrogens (tertiary/aromatic N) is 1. The van der Waals surface area contributed by atoms with Crippen molar-refractivity contribution in [3.63, 3.8) is 0 Å². The summed E-state index contributed by atoms with van der Waals surface area (Å²) in [7, 11) is 0. The maximum absolute atomic E-state index is 13.9. The molecule has 7 heteroatoms. The quantitative estimate of drug-likeness (QED) is 0.895. The maximum Gasteiger partial charge on any atom is 0.306 e. The fourth-order valence-electron chi connectivity index (χ4n) is 3.50. The second-order valence-electron chi connectivity index (χ2n) is 6.30. The molecule has 0 aromatic heterocycles. The van der Waals surface area contributed by atoms with E-state index in [0.29, 0.717) is 32.2 Å². The number of rotatable bonds is 3. The Balaban J connectivity index is 1.69. The molecule has 1 fully saturated rings. The number of halogens is 2. The number of carboxylic acid groups (broad SMARTS) is 1. The molecule has 1 amide bonds. The number of benzene rings is 1. The first-order chi connectivity index (χ1) is 10.9. The van der Waals surface area contributed by atoms with Crippen LogP contribution in [-0.4, -0.2) is 33.5 Å². The molecule has 1 aliphatic heterocycles. The third-order valence-electron chi connectivity index (χ3n) is 4.81. The SMILES string of the molecule is O=C1c2c(cc(F)c(O)c2F)CN1C[C@H]1CC[C@H](C(=O)O)CC1. The molecule has 5 nitrogen and oxygen atoms in total. The molecule has 1 heterocycles. The van der Waals surface area contributed by atoms with Crippen molar-refractivity contribution in [3.8, 4) is 5.75 Å². The highest BCUT2D eigenvalue weighted by atomic mass is 19.1.